The van der Waals surface area contributed by atoms with E-state index in [2.05, 4.69) is 24.4 Å². The number of ether oxygens (including phenoxy) is 1. The first kappa shape index (κ1) is 9.53. The summed E-state index contributed by atoms with van der Waals surface area (Å²) in [5.74, 6) is 0.934. The van der Waals surface area contributed by atoms with Crippen molar-refractivity contribution in [3.63, 3.8) is 0 Å². The number of hydrogen-bond acceptors (Lipinski definition) is 2. The lowest BCUT2D eigenvalue weighted by Gasteiger charge is -2.23. The van der Waals surface area contributed by atoms with Crippen molar-refractivity contribution in [2.45, 2.75) is 18.8 Å². The molecule has 0 aromatic heterocycles. The average Bonchev–Trinajstić information content (AvgIpc) is 2.67. The Kier molecular flexibility index (Phi) is 2.46. The van der Waals surface area contributed by atoms with E-state index in [4.69, 9.17) is 4.74 Å². The summed E-state index contributed by atoms with van der Waals surface area (Å²) in [7, 11) is 1.70. The van der Waals surface area contributed by atoms with E-state index in [-0.39, 0.29) is 0 Å². The molecule has 2 rings (SSSR count). The molecular formula is C12H17NO. The zero-order valence-corrected chi connectivity index (χ0v) is 8.84. The lowest BCUT2D eigenvalue weighted by Crippen LogP contribution is -2.24. The van der Waals surface area contributed by atoms with Crippen LogP contribution in [0.4, 0.5) is 0 Å². The van der Waals surface area contributed by atoms with Gasteiger partial charge in [-0.15, -0.1) is 0 Å². The van der Waals surface area contributed by atoms with Crippen molar-refractivity contribution >= 4 is 0 Å². The molecule has 1 atom stereocenters. The third kappa shape index (κ3) is 1.62. The maximum Gasteiger partial charge on any atom is 0.118 e. The SMILES string of the molecule is COc1ccc(C2(C)CCNC2)cc1. The van der Waals surface area contributed by atoms with E-state index in [1.807, 2.05) is 12.1 Å². The van der Waals surface area contributed by atoms with E-state index in [0.717, 1.165) is 18.8 Å². The van der Waals surface area contributed by atoms with Gasteiger partial charge in [-0.2, -0.15) is 0 Å². The molecule has 1 aliphatic heterocycles. The maximum atomic E-state index is 5.15. The van der Waals surface area contributed by atoms with Crippen LogP contribution in [0.15, 0.2) is 24.3 Å². The summed E-state index contributed by atoms with van der Waals surface area (Å²) < 4.78 is 5.15. The van der Waals surface area contributed by atoms with Gasteiger partial charge >= 0.3 is 0 Å². The Hall–Kier alpha value is -1.02. The van der Waals surface area contributed by atoms with Gasteiger partial charge in [0.15, 0.2) is 0 Å². The van der Waals surface area contributed by atoms with E-state index in [1.54, 1.807) is 7.11 Å². The molecule has 1 unspecified atom stereocenters. The van der Waals surface area contributed by atoms with E-state index >= 15 is 0 Å². The Morgan fingerprint density at radius 1 is 1.29 bits per heavy atom. The molecule has 1 saturated heterocycles. The molecule has 2 nitrogen and oxygen atoms in total. The summed E-state index contributed by atoms with van der Waals surface area (Å²) in [5.41, 5.74) is 1.72. The van der Waals surface area contributed by atoms with Crippen LogP contribution in [-0.2, 0) is 5.41 Å². The molecule has 0 bridgehead atoms. The maximum absolute atomic E-state index is 5.15. The molecule has 14 heavy (non-hydrogen) atoms. The Bertz CT molecular complexity index is 299. The topological polar surface area (TPSA) is 21.3 Å². The van der Waals surface area contributed by atoms with Crippen molar-refractivity contribution < 1.29 is 4.74 Å². The van der Waals surface area contributed by atoms with Crippen molar-refractivity contribution in [2.24, 2.45) is 0 Å². The zero-order chi connectivity index (χ0) is 10.0. The zero-order valence-electron chi connectivity index (χ0n) is 8.84. The van der Waals surface area contributed by atoms with Gasteiger partial charge in [0, 0.05) is 12.0 Å². The highest BCUT2D eigenvalue weighted by atomic mass is 16.5. The third-order valence-electron chi connectivity index (χ3n) is 3.16. The lowest BCUT2D eigenvalue weighted by atomic mass is 9.82. The van der Waals surface area contributed by atoms with Crippen LogP contribution < -0.4 is 10.1 Å². The van der Waals surface area contributed by atoms with Crippen LogP contribution >= 0.6 is 0 Å². The van der Waals surface area contributed by atoms with Crippen LogP contribution in [-0.4, -0.2) is 20.2 Å². The summed E-state index contributed by atoms with van der Waals surface area (Å²) in [6.45, 7) is 4.52. The number of hydrogen-bond donors (Lipinski definition) is 1. The number of nitrogens with one attached hydrogen (secondary N) is 1. The minimum atomic E-state index is 0.312. The quantitative estimate of drug-likeness (QED) is 0.771. The highest BCUT2D eigenvalue weighted by molar-refractivity contribution is 5.33. The first-order chi connectivity index (χ1) is 6.74. The van der Waals surface area contributed by atoms with Crippen LogP contribution in [0.5, 0.6) is 5.75 Å². The fourth-order valence-corrected chi connectivity index (χ4v) is 2.06. The monoisotopic (exact) mass is 191 g/mol. The van der Waals surface area contributed by atoms with Crippen molar-refractivity contribution in [1.82, 2.24) is 5.32 Å². The summed E-state index contributed by atoms with van der Waals surface area (Å²) in [6.07, 6.45) is 1.22. The molecule has 1 fully saturated rings. The van der Waals surface area contributed by atoms with Crippen LogP contribution in [0.2, 0.25) is 0 Å². The highest BCUT2D eigenvalue weighted by Crippen LogP contribution is 2.30. The highest BCUT2D eigenvalue weighted by Gasteiger charge is 2.29. The second-order valence-electron chi connectivity index (χ2n) is 4.22. The first-order valence-electron chi connectivity index (χ1n) is 5.10. The molecular weight excluding hydrogens is 174 g/mol. The van der Waals surface area contributed by atoms with Gasteiger partial charge in [-0.25, -0.2) is 0 Å². The van der Waals surface area contributed by atoms with Gasteiger partial charge in [0.2, 0.25) is 0 Å². The molecule has 2 heteroatoms. The molecule has 0 spiro atoms. The minimum absolute atomic E-state index is 0.312. The minimum Gasteiger partial charge on any atom is -0.497 e. The molecule has 1 aliphatic rings. The Morgan fingerprint density at radius 2 is 2.00 bits per heavy atom. The van der Waals surface area contributed by atoms with Crippen molar-refractivity contribution in [2.75, 3.05) is 20.2 Å². The van der Waals surface area contributed by atoms with E-state index in [0.29, 0.717) is 5.41 Å². The Labute approximate surface area is 85.3 Å². The molecule has 1 heterocycles. The fourth-order valence-electron chi connectivity index (χ4n) is 2.06. The summed E-state index contributed by atoms with van der Waals surface area (Å²) in [6, 6.07) is 8.43. The van der Waals surface area contributed by atoms with E-state index in [1.165, 1.54) is 12.0 Å². The van der Waals surface area contributed by atoms with Gasteiger partial charge in [-0.05, 0) is 30.7 Å². The van der Waals surface area contributed by atoms with Crippen LogP contribution in [0.1, 0.15) is 18.9 Å². The van der Waals surface area contributed by atoms with Gasteiger partial charge in [-0.1, -0.05) is 19.1 Å². The van der Waals surface area contributed by atoms with Crippen LogP contribution in [0.3, 0.4) is 0 Å². The summed E-state index contributed by atoms with van der Waals surface area (Å²) in [4.78, 5) is 0. The second-order valence-corrected chi connectivity index (χ2v) is 4.22. The lowest BCUT2D eigenvalue weighted by molar-refractivity contribution is 0.414. The Balaban J connectivity index is 2.23. The predicted molar refractivity (Wildman–Crippen MR) is 57.8 cm³/mol. The summed E-state index contributed by atoms with van der Waals surface area (Å²) in [5, 5.41) is 3.41. The van der Waals surface area contributed by atoms with E-state index in [9.17, 15) is 0 Å². The van der Waals surface area contributed by atoms with Crippen LogP contribution in [0.25, 0.3) is 0 Å². The van der Waals surface area contributed by atoms with Crippen molar-refractivity contribution in [3.05, 3.63) is 29.8 Å². The van der Waals surface area contributed by atoms with Crippen molar-refractivity contribution in [3.8, 4) is 5.75 Å². The molecule has 1 N–H and O–H groups in total. The Morgan fingerprint density at radius 3 is 2.50 bits per heavy atom. The van der Waals surface area contributed by atoms with Crippen molar-refractivity contribution in [1.29, 1.82) is 0 Å². The van der Waals surface area contributed by atoms with Gasteiger partial charge in [0.05, 0.1) is 7.11 Å². The molecule has 0 aliphatic carbocycles. The average molecular weight is 191 g/mol. The van der Waals surface area contributed by atoms with Gasteiger partial charge < -0.3 is 10.1 Å². The normalized spacial score (nSPS) is 26.4. The molecule has 76 valence electrons. The van der Waals surface area contributed by atoms with Gasteiger partial charge in [0.1, 0.15) is 5.75 Å². The number of methoxy groups -OCH3 is 1. The second kappa shape index (κ2) is 3.62. The number of benzene rings is 1. The largest absolute Gasteiger partial charge is 0.497 e. The molecule has 1 aromatic rings. The van der Waals surface area contributed by atoms with Gasteiger partial charge in [0.25, 0.3) is 0 Å². The molecule has 0 amide bonds. The van der Waals surface area contributed by atoms with E-state index < -0.39 is 0 Å². The smallest absolute Gasteiger partial charge is 0.118 e. The fraction of sp³-hybridized carbons (Fsp3) is 0.500. The number of rotatable bonds is 2. The summed E-state index contributed by atoms with van der Waals surface area (Å²) >= 11 is 0. The van der Waals surface area contributed by atoms with Gasteiger partial charge in [-0.3, -0.25) is 0 Å². The molecule has 1 aromatic carbocycles. The predicted octanol–water partition coefficient (Wildman–Crippen LogP) is 1.95. The third-order valence-corrected chi connectivity index (χ3v) is 3.16. The molecule has 0 radical (unpaired) electrons. The first-order valence-corrected chi connectivity index (χ1v) is 5.10. The van der Waals surface area contributed by atoms with Crippen LogP contribution in [0, 0.1) is 0 Å². The molecule has 0 saturated carbocycles. The standard InChI is InChI=1S/C12H17NO/c1-12(7-8-13-9-12)10-3-5-11(14-2)6-4-10/h3-6,13H,7-9H2,1-2H3.